The molecule has 5 nitrogen and oxygen atoms in total. The van der Waals surface area contributed by atoms with Crippen LogP contribution in [0.5, 0.6) is 0 Å². The van der Waals surface area contributed by atoms with Crippen LogP contribution in [0.2, 0.25) is 0 Å². The molecule has 0 atom stereocenters. The molecule has 11 aromatic rings. The first-order valence-electron chi connectivity index (χ1n) is 17.9. The Bertz CT molecular complexity index is 3220. The average molecular weight is 709 g/mol. The largest absolute Gasteiger partial charge is 0.435 e. The third-order valence-electron chi connectivity index (χ3n) is 10.1. The van der Waals surface area contributed by atoms with Crippen LogP contribution in [-0.4, -0.2) is 19.9 Å². The molecule has 3 aromatic heterocycles. The lowest BCUT2D eigenvalue weighted by Gasteiger charge is -2.12. The van der Waals surface area contributed by atoms with Crippen molar-refractivity contribution in [1.29, 1.82) is 0 Å². The number of nitrogens with zero attached hydrogens (tertiary/aromatic N) is 4. The fourth-order valence-corrected chi connectivity index (χ4v) is 8.70. The highest BCUT2D eigenvalue weighted by Crippen LogP contribution is 2.45. The number of hydrogen-bond acceptors (Lipinski definition) is 6. The first-order chi connectivity index (χ1) is 26.7. The topological polar surface area (TPSA) is 64.7 Å². The summed E-state index contributed by atoms with van der Waals surface area (Å²) in [6.45, 7) is 0. The summed E-state index contributed by atoms with van der Waals surface area (Å²) in [5.41, 5.74) is 7.15. The number of fused-ring (bicyclic) bond motifs is 7. The maximum absolute atomic E-state index is 6.73. The maximum atomic E-state index is 6.73. The van der Waals surface area contributed by atoms with E-state index in [1.807, 2.05) is 36.4 Å². The van der Waals surface area contributed by atoms with E-state index < -0.39 is 0 Å². The van der Waals surface area contributed by atoms with Gasteiger partial charge in [-0.05, 0) is 69.1 Å². The molecular weight excluding hydrogens is 681 g/mol. The monoisotopic (exact) mass is 708 g/mol. The Morgan fingerprint density at radius 3 is 1.85 bits per heavy atom. The molecule has 0 bridgehead atoms. The van der Waals surface area contributed by atoms with Crippen LogP contribution in [0.3, 0.4) is 0 Å². The van der Waals surface area contributed by atoms with Gasteiger partial charge in [-0.15, -0.1) is 11.3 Å². The molecule has 0 unspecified atom stereocenters. The summed E-state index contributed by atoms with van der Waals surface area (Å²) in [7, 11) is 0. The highest BCUT2D eigenvalue weighted by molar-refractivity contribution is 7.26. The number of aromatic nitrogens is 4. The normalized spacial score (nSPS) is 11.7. The molecule has 0 saturated heterocycles. The second kappa shape index (κ2) is 12.3. The van der Waals surface area contributed by atoms with Gasteiger partial charge >= 0.3 is 0 Å². The second-order valence-corrected chi connectivity index (χ2v) is 14.5. The Morgan fingerprint density at radius 1 is 0.389 bits per heavy atom. The first kappa shape index (κ1) is 30.6. The van der Waals surface area contributed by atoms with E-state index in [1.165, 1.54) is 20.9 Å². The zero-order valence-corrected chi connectivity index (χ0v) is 29.6. The zero-order valence-electron chi connectivity index (χ0n) is 28.8. The van der Waals surface area contributed by atoms with E-state index in [-0.39, 0.29) is 0 Å². The average Bonchev–Trinajstić information content (AvgIpc) is 3.84. The molecule has 0 fully saturated rings. The van der Waals surface area contributed by atoms with Crippen molar-refractivity contribution in [3.05, 3.63) is 170 Å². The van der Waals surface area contributed by atoms with Gasteiger partial charge in [0.25, 0.3) is 0 Å². The van der Waals surface area contributed by atoms with Crippen LogP contribution in [0.25, 0.3) is 110 Å². The van der Waals surface area contributed by atoms with E-state index in [0.717, 1.165) is 59.8 Å². The minimum atomic E-state index is 0.536. The number of benzene rings is 8. The summed E-state index contributed by atoms with van der Waals surface area (Å²) in [4.78, 5) is 20.8. The third kappa shape index (κ3) is 5.07. The number of thiophene rings is 1. The van der Waals surface area contributed by atoms with Crippen molar-refractivity contribution in [3.8, 4) is 56.7 Å². The number of hydrogen-bond donors (Lipinski definition) is 0. The fraction of sp³-hybridized carbons (Fsp3) is 0. The van der Waals surface area contributed by atoms with Crippen molar-refractivity contribution in [2.45, 2.75) is 0 Å². The summed E-state index contributed by atoms with van der Waals surface area (Å²) in [5, 5.41) is 6.91. The van der Waals surface area contributed by atoms with E-state index >= 15 is 0 Å². The van der Waals surface area contributed by atoms with Gasteiger partial charge in [-0.25, -0.2) is 19.9 Å². The molecule has 0 aliphatic carbocycles. The van der Waals surface area contributed by atoms with Gasteiger partial charge in [0.1, 0.15) is 5.52 Å². The molecule has 0 aliphatic heterocycles. The molecule has 8 aromatic carbocycles. The molecule has 0 spiro atoms. The van der Waals surface area contributed by atoms with Crippen molar-refractivity contribution in [2.75, 3.05) is 0 Å². The number of oxazole rings is 1. The van der Waals surface area contributed by atoms with Crippen LogP contribution in [-0.2, 0) is 0 Å². The molecule has 54 heavy (non-hydrogen) atoms. The van der Waals surface area contributed by atoms with Gasteiger partial charge in [0.05, 0.1) is 5.56 Å². The SMILES string of the molecule is c1ccc(-c2cccc(-c3nc(-c4ccc5c(ccc6ccccc65)c4)nc(-c4c5oc(-c6ccccc6)nc5cc5sc6ccccc6c45)n3)c2)cc1. The van der Waals surface area contributed by atoms with Gasteiger partial charge < -0.3 is 4.42 Å². The molecule has 6 heteroatoms. The van der Waals surface area contributed by atoms with Gasteiger partial charge in [-0.2, -0.15) is 0 Å². The highest BCUT2D eigenvalue weighted by atomic mass is 32.1. The van der Waals surface area contributed by atoms with Crippen molar-refractivity contribution in [3.63, 3.8) is 0 Å². The lowest BCUT2D eigenvalue weighted by molar-refractivity contribution is 0.621. The standard InChI is InChI=1S/C48H28N4OS/c1-3-12-29(13-4-1)32-17-11-18-34(26-32)45-50-46(35-24-25-37-33(27-35)23-22-30-14-7-8-19-36(30)37)52-47(51-45)43-42-38-20-9-10-21-40(38)54-41(42)28-39-44(43)53-48(49-39)31-15-5-2-6-16-31/h1-28H. The fourth-order valence-electron chi connectivity index (χ4n) is 7.55. The third-order valence-corrected chi connectivity index (χ3v) is 11.2. The molecule has 252 valence electrons. The second-order valence-electron chi connectivity index (χ2n) is 13.4. The smallest absolute Gasteiger partial charge is 0.227 e. The predicted molar refractivity (Wildman–Crippen MR) is 222 cm³/mol. The van der Waals surface area contributed by atoms with Gasteiger partial charge in [0.15, 0.2) is 23.1 Å². The van der Waals surface area contributed by atoms with Crippen molar-refractivity contribution < 1.29 is 4.42 Å². The summed E-state index contributed by atoms with van der Waals surface area (Å²) in [6, 6.07) is 58.8. The quantitative estimate of drug-likeness (QED) is 0.167. The Kier molecular flexibility index (Phi) is 6.97. The summed E-state index contributed by atoms with van der Waals surface area (Å²) in [5.74, 6) is 2.26. The summed E-state index contributed by atoms with van der Waals surface area (Å²) in [6.07, 6.45) is 0. The molecule has 0 saturated carbocycles. The van der Waals surface area contributed by atoms with Crippen molar-refractivity contribution >= 4 is 64.2 Å². The van der Waals surface area contributed by atoms with Crippen molar-refractivity contribution in [1.82, 2.24) is 19.9 Å². The van der Waals surface area contributed by atoms with Gasteiger partial charge in [0, 0.05) is 36.9 Å². The molecule has 0 aliphatic rings. The van der Waals surface area contributed by atoms with E-state index in [0.29, 0.717) is 28.9 Å². The Labute approximate surface area is 313 Å². The van der Waals surface area contributed by atoms with Crippen LogP contribution in [0.1, 0.15) is 0 Å². The molecule has 3 heterocycles. The van der Waals surface area contributed by atoms with Gasteiger partial charge in [0.2, 0.25) is 5.89 Å². The predicted octanol–water partition coefficient (Wildman–Crippen LogP) is 13.0. The van der Waals surface area contributed by atoms with E-state index in [9.17, 15) is 0 Å². The molecule has 0 radical (unpaired) electrons. The lowest BCUT2D eigenvalue weighted by Crippen LogP contribution is -2.01. The minimum Gasteiger partial charge on any atom is -0.435 e. The summed E-state index contributed by atoms with van der Waals surface area (Å²) >= 11 is 1.74. The lowest BCUT2D eigenvalue weighted by atomic mass is 10.00. The Morgan fingerprint density at radius 2 is 1.02 bits per heavy atom. The van der Waals surface area contributed by atoms with Crippen LogP contribution < -0.4 is 0 Å². The Balaban J connectivity index is 1.20. The molecular formula is C48H28N4OS. The van der Waals surface area contributed by atoms with Crippen LogP contribution in [0.4, 0.5) is 0 Å². The molecule has 11 rings (SSSR count). The number of rotatable bonds is 5. The zero-order chi connectivity index (χ0) is 35.6. The Hall–Kier alpha value is -7.02. The van der Waals surface area contributed by atoms with E-state index in [4.69, 9.17) is 24.4 Å². The highest BCUT2D eigenvalue weighted by Gasteiger charge is 2.24. The van der Waals surface area contributed by atoms with E-state index in [1.54, 1.807) is 11.3 Å². The first-order valence-corrected chi connectivity index (χ1v) is 18.7. The molecule has 0 amide bonds. The van der Waals surface area contributed by atoms with Gasteiger partial charge in [-0.3, -0.25) is 0 Å². The van der Waals surface area contributed by atoms with Crippen LogP contribution >= 0.6 is 11.3 Å². The maximum Gasteiger partial charge on any atom is 0.227 e. The minimum absolute atomic E-state index is 0.536. The van der Waals surface area contributed by atoms with E-state index in [2.05, 4.69) is 133 Å². The van der Waals surface area contributed by atoms with Crippen LogP contribution in [0.15, 0.2) is 174 Å². The molecule has 0 N–H and O–H groups in total. The summed E-state index contributed by atoms with van der Waals surface area (Å²) < 4.78 is 9.00. The van der Waals surface area contributed by atoms with Crippen molar-refractivity contribution in [2.24, 2.45) is 0 Å². The van der Waals surface area contributed by atoms with Gasteiger partial charge in [-0.1, -0.05) is 133 Å². The van der Waals surface area contributed by atoms with Crippen LogP contribution in [0, 0.1) is 0 Å².